The van der Waals surface area contributed by atoms with Crippen LogP contribution in [0.15, 0.2) is 54.6 Å². The lowest BCUT2D eigenvalue weighted by molar-refractivity contribution is 0.175. The van der Waals surface area contributed by atoms with Gasteiger partial charge in [0.25, 0.3) is 0 Å². The second-order valence-electron chi connectivity index (χ2n) is 4.01. The van der Waals surface area contributed by atoms with Crippen LogP contribution in [-0.4, -0.2) is 10.9 Å². The lowest BCUT2D eigenvalue weighted by atomic mass is 10.1. The third-order valence-electron chi connectivity index (χ3n) is 2.65. The molecule has 0 saturated carbocycles. The number of aliphatic hydroxyl groups is 1. The van der Waals surface area contributed by atoms with Crippen LogP contribution in [0.2, 0.25) is 0 Å². The highest BCUT2D eigenvalue weighted by atomic mass is 32.1. The van der Waals surface area contributed by atoms with Gasteiger partial charge in [-0.3, -0.25) is 0 Å². The monoisotopic (exact) mass is 260 g/mol. The average Bonchev–Trinajstić information content (AvgIpc) is 2.41. The van der Waals surface area contributed by atoms with Crippen LogP contribution in [0.1, 0.15) is 18.1 Å². The van der Waals surface area contributed by atoms with Crippen molar-refractivity contribution in [2.75, 3.05) is 5.75 Å². The fourth-order valence-electron chi connectivity index (χ4n) is 1.67. The van der Waals surface area contributed by atoms with Crippen molar-refractivity contribution in [1.82, 2.24) is 0 Å². The minimum absolute atomic E-state index is 0.451. The summed E-state index contributed by atoms with van der Waals surface area (Å²) in [7, 11) is 0. The van der Waals surface area contributed by atoms with Crippen molar-refractivity contribution in [3.8, 4) is 11.5 Å². The average molecular weight is 260 g/mol. The largest absolute Gasteiger partial charge is 0.457 e. The summed E-state index contributed by atoms with van der Waals surface area (Å²) >= 11 is 4.11. The molecule has 0 aliphatic rings. The zero-order valence-corrected chi connectivity index (χ0v) is 10.9. The highest BCUT2D eigenvalue weighted by molar-refractivity contribution is 7.80. The van der Waals surface area contributed by atoms with E-state index >= 15 is 0 Å². The molecule has 94 valence electrons. The van der Waals surface area contributed by atoms with Crippen LogP contribution in [0.25, 0.3) is 0 Å². The van der Waals surface area contributed by atoms with Crippen molar-refractivity contribution in [3.63, 3.8) is 0 Å². The Kier molecular flexibility index (Phi) is 4.67. The normalized spacial score (nSPS) is 12.1. The van der Waals surface area contributed by atoms with Crippen LogP contribution < -0.4 is 4.74 Å². The standard InChI is InChI=1S/C15H16O2S/c16-15(10-11-18)12-6-8-14(9-7-12)17-13-4-2-1-3-5-13/h1-9,15-16,18H,10-11H2. The minimum Gasteiger partial charge on any atom is -0.457 e. The van der Waals surface area contributed by atoms with Gasteiger partial charge < -0.3 is 9.84 Å². The molecule has 2 rings (SSSR count). The number of thiol groups is 1. The third kappa shape index (κ3) is 3.52. The number of aliphatic hydroxyl groups excluding tert-OH is 1. The molecule has 1 N–H and O–H groups in total. The summed E-state index contributed by atoms with van der Waals surface area (Å²) in [5, 5.41) is 9.81. The lowest BCUT2D eigenvalue weighted by Gasteiger charge is -2.10. The van der Waals surface area contributed by atoms with Gasteiger partial charge in [0.2, 0.25) is 0 Å². The predicted molar refractivity (Wildman–Crippen MR) is 76.4 cm³/mol. The fraction of sp³-hybridized carbons (Fsp3) is 0.200. The Bertz CT molecular complexity index is 468. The molecule has 0 amide bonds. The highest BCUT2D eigenvalue weighted by Crippen LogP contribution is 2.24. The maximum absolute atomic E-state index is 9.81. The van der Waals surface area contributed by atoms with Crippen molar-refractivity contribution >= 4 is 12.6 Å². The Morgan fingerprint density at radius 2 is 1.56 bits per heavy atom. The Labute approximate surface area is 113 Å². The number of hydrogen-bond donors (Lipinski definition) is 2. The molecule has 2 nitrogen and oxygen atoms in total. The molecule has 0 bridgehead atoms. The molecule has 1 atom stereocenters. The van der Waals surface area contributed by atoms with Crippen molar-refractivity contribution < 1.29 is 9.84 Å². The smallest absolute Gasteiger partial charge is 0.127 e. The number of ether oxygens (including phenoxy) is 1. The van der Waals surface area contributed by atoms with Crippen LogP contribution in [0.4, 0.5) is 0 Å². The Morgan fingerprint density at radius 1 is 0.944 bits per heavy atom. The molecule has 0 spiro atoms. The minimum atomic E-state index is -0.451. The van der Waals surface area contributed by atoms with Crippen LogP contribution >= 0.6 is 12.6 Å². The van der Waals surface area contributed by atoms with E-state index < -0.39 is 6.10 Å². The van der Waals surface area contributed by atoms with E-state index in [4.69, 9.17) is 4.74 Å². The van der Waals surface area contributed by atoms with E-state index in [2.05, 4.69) is 12.6 Å². The zero-order chi connectivity index (χ0) is 12.8. The molecule has 0 aromatic heterocycles. The summed E-state index contributed by atoms with van der Waals surface area (Å²) in [4.78, 5) is 0. The molecule has 0 saturated heterocycles. The number of benzene rings is 2. The predicted octanol–water partition coefficient (Wildman–Crippen LogP) is 3.83. The Balaban J connectivity index is 2.04. The van der Waals surface area contributed by atoms with Gasteiger partial charge in [-0.15, -0.1) is 0 Å². The van der Waals surface area contributed by atoms with Gasteiger partial charge >= 0.3 is 0 Å². The van der Waals surface area contributed by atoms with Gasteiger partial charge in [-0.2, -0.15) is 12.6 Å². The van der Waals surface area contributed by atoms with E-state index in [9.17, 15) is 5.11 Å². The van der Waals surface area contributed by atoms with Crippen molar-refractivity contribution in [3.05, 3.63) is 60.2 Å². The van der Waals surface area contributed by atoms with Gasteiger partial charge in [0.1, 0.15) is 11.5 Å². The zero-order valence-electron chi connectivity index (χ0n) is 9.99. The van der Waals surface area contributed by atoms with E-state index in [0.717, 1.165) is 17.1 Å². The quantitative estimate of drug-likeness (QED) is 0.800. The Morgan fingerprint density at radius 3 is 2.17 bits per heavy atom. The summed E-state index contributed by atoms with van der Waals surface area (Å²) in [5.74, 6) is 2.24. The number of para-hydroxylation sites is 1. The molecule has 2 aromatic rings. The van der Waals surface area contributed by atoms with E-state index in [1.165, 1.54) is 0 Å². The van der Waals surface area contributed by atoms with Gasteiger partial charge in [0.05, 0.1) is 6.10 Å². The van der Waals surface area contributed by atoms with Crippen molar-refractivity contribution in [1.29, 1.82) is 0 Å². The van der Waals surface area contributed by atoms with Gasteiger partial charge in [-0.25, -0.2) is 0 Å². The van der Waals surface area contributed by atoms with Gasteiger partial charge in [0.15, 0.2) is 0 Å². The van der Waals surface area contributed by atoms with Crippen LogP contribution in [-0.2, 0) is 0 Å². The maximum Gasteiger partial charge on any atom is 0.127 e. The summed E-state index contributed by atoms with van der Waals surface area (Å²) in [5.41, 5.74) is 0.893. The molecular weight excluding hydrogens is 244 g/mol. The van der Waals surface area contributed by atoms with Crippen molar-refractivity contribution in [2.24, 2.45) is 0 Å². The van der Waals surface area contributed by atoms with Crippen LogP contribution in [0.3, 0.4) is 0 Å². The first kappa shape index (κ1) is 13.0. The first-order valence-corrected chi connectivity index (χ1v) is 6.54. The molecule has 1 unspecified atom stereocenters. The molecule has 0 radical (unpaired) electrons. The first-order chi connectivity index (χ1) is 8.79. The summed E-state index contributed by atoms with van der Waals surface area (Å²) in [6, 6.07) is 17.1. The molecular formula is C15H16O2S. The molecule has 18 heavy (non-hydrogen) atoms. The second kappa shape index (κ2) is 6.47. The topological polar surface area (TPSA) is 29.5 Å². The highest BCUT2D eigenvalue weighted by Gasteiger charge is 2.06. The summed E-state index contributed by atoms with van der Waals surface area (Å²) < 4.78 is 5.68. The van der Waals surface area contributed by atoms with Gasteiger partial charge in [0, 0.05) is 0 Å². The van der Waals surface area contributed by atoms with Gasteiger partial charge in [-0.1, -0.05) is 30.3 Å². The fourth-order valence-corrected chi connectivity index (χ4v) is 1.92. The Hall–Kier alpha value is -1.45. The van der Waals surface area contributed by atoms with Crippen LogP contribution in [0, 0.1) is 0 Å². The van der Waals surface area contributed by atoms with Crippen LogP contribution in [0.5, 0.6) is 11.5 Å². The molecule has 3 heteroatoms. The second-order valence-corrected chi connectivity index (χ2v) is 4.46. The molecule has 0 aliphatic heterocycles. The summed E-state index contributed by atoms with van der Waals surface area (Å²) in [6.45, 7) is 0. The summed E-state index contributed by atoms with van der Waals surface area (Å²) in [6.07, 6.45) is 0.204. The van der Waals surface area contributed by atoms with Crippen molar-refractivity contribution in [2.45, 2.75) is 12.5 Å². The molecule has 0 heterocycles. The van der Waals surface area contributed by atoms with E-state index in [0.29, 0.717) is 12.2 Å². The van der Waals surface area contributed by atoms with E-state index in [-0.39, 0.29) is 0 Å². The third-order valence-corrected chi connectivity index (χ3v) is 2.90. The lowest BCUT2D eigenvalue weighted by Crippen LogP contribution is -1.97. The number of rotatable bonds is 5. The SMILES string of the molecule is OC(CCS)c1ccc(Oc2ccccc2)cc1. The molecule has 0 fully saturated rings. The molecule has 0 aliphatic carbocycles. The maximum atomic E-state index is 9.81. The van der Waals surface area contributed by atoms with E-state index in [1.54, 1.807) is 0 Å². The molecule has 2 aromatic carbocycles. The van der Waals surface area contributed by atoms with E-state index in [1.807, 2.05) is 54.6 Å². The van der Waals surface area contributed by atoms with Gasteiger partial charge in [-0.05, 0) is 42.0 Å². The number of hydrogen-bond acceptors (Lipinski definition) is 3. The first-order valence-electron chi connectivity index (χ1n) is 5.91.